The molecule has 2 aromatic rings. The molecule has 0 amide bonds. The van der Waals surface area contributed by atoms with Gasteiger partial charge in [-0.3, -0.25) is 0 Å². The quantitative estimate of drug-likeness (QED) is 0.854. The van der Waals surface area contributed by atoms with Crippen LogP contribution in [0.3, 0.4) is 0 Å². The zero-order valence-electron chi connectivity index (χ0n) is 13.1. The summed E-state index contributed by atoms with van der Waals surface area (Å²) in [7, 11) is 1.97. The Morgan fingerprint density at radius 3 is 2.52 bits per heavy atom. The number of nitrogens with one attached hydrogen (secondary N) is 1. The third-order valence-corrected chi connectivity index (χ3v) is 5.69. The molecule has 0 aromatic carbocycles. The van der Waals surface area contributed by atoms with Crippen LogP contribution >= 0.6 is 11.3 Å². The first-order chi connectivity index (χ1) is 10.3. The summed E-state index contributed by atoms with van der Waals surface area (Å²) in [6, 6.07) is 2.24. The molecule has 4 heteroatoms. The Kier molecular flexibility index (Phi) is 4.73. The monoisotopic (exact) mass is 303 g/mol. The van der Waals surface area contributed by atoms with Crippen molar-refractivity contribution < 1.29 is 0 Å². The molecule has 1 N–H and O–H groups in total. The molecule has 0 atom stereocenters. The zero-order valence-corrected chi connectivity index (χ0v) is 13.9. The minimum Gasteiger partial charge on any atom is -0.372 e. The van der Waals surface area contributed by atoms with Crippen molar-refractivity contribution in [3.63, 3.8) is 0 Å². The standard InChI is InChI=1S/C17H25N3S/c1-3-13-11-14-16(18-2)19-15(20-17(14)21-13)12-9-7-5-4-6-8-10-12/h11-12H,3-10H2,1-2H3,(H,18,19,20). The minimum atomic E-state index is 0.550. The minimum absolute atomic E-state index is 0.550. The first kappa shape index (κ1) is 14.8. The van der Waals surface area contributed by atoms with Crippen LogP contribution in [0.15, 0.2) is 6.07 Å². The van der Waals surface area contributed by atoms with Gasteiger partial charge in [-0.1, -0.05) is 39.0 Å². The van der Waals surface area contributed by atoms with Crippen molar-refractivity contribution in [1.82, 2.24) is 9.97 Å². The molecule has 1 aliphatic rings. The second-order valence-electron chi connectivity index (χ2n) is 6.01. The number of fused-ring (bicyclic) bond motifs is 1. The maximum Gasteiger partial charge on any atom is 0.138 e. The van der Waals surface area contributed by atoms with Gasteiger partial charge in [-0.25, -0.2) is 9.97 Å². The molecule has 0 radical (unpaired) electrons. The Morgan fingerprint density at radius 1 is 1.14 bits per heavy atom. The van der Waals surface area contributed by atoms with Gasteiger partial charge in [0.15, 0.2) is 0 Å². The lowest BCUT2D eigenvalue weighted by atomic mass is 9.90. The molecule has 2 aromatic heterocycles. The van der Waals surface area contributed by atoms with Crippen molar-refractivity contribution >= 4 is 27.4 Å². The average molecular weight is 303 g/mol. The molecular formula is C17H25N3S. The number of rotatable bonds is 3. The van der Waals surface area contributed by atoms with Crippen LogP contribution in [-0.4, -0.2) is 17.0 Å². The number of hydrogen-bond acceptors (Lipinski definition) is 4. The van der Waals surface area contributed by atoms with Crippen molar-refractivity contribution in [2.45, 2.75) is 64.2 Å². The van der Waals surface area contributed by atoms with Gasteiger partial charge in [-0.15, -0.1) is 11.3 Å². The van der Waals surface area contributed by atoms with Crippen LogP contribution in [0.25, 0.3) is 10.2 Å². The molecule has 0 aliphatic heterocycles. The first-order valence-corrected chi connectivity index (χ1v) is 9.11. The average Bonchev–Trinajstić information content (AvgIpc) is 2.89. The fourth-order valence-corrected chi connectivity index (χ4v) is 4.22. The fourth-order valence-electron chi connectivity index (χ4n) is 3.25. The number of hydrogen-bond donors (Lipinski definition) is 1. The summed E-state index contributed by atoms with van der Waals surface area (Å²) in [6.07, 6.45) is 10.4. The Morgan fingerprint density at radius 2 is 1.86 bits per heavy atom. The van der Waals surface area contributed by atoms with Gasteiger partial charge in [0.2, 0.25) is 0 Å². The summed E-state index contributed by atoms with van der Waals surface area (Å²) >= 11 is 1.82. The van der Waals surface area contributed by atoms with E-state index in [1.165, 1.54) is 55.2 Å². The number of thiophene rings is 1. The summed E-state index contributed by atoms with van der Waals surface area (Å²) < 4.78 is 0. The Balaban J connectivity index is 1.97. The van der Waals surface area contributed by atoms with Crippen molar-refractivity contribution in [2.75, 3.05) is 12.4 Å². The fraction of sp³-hybridized carbons (Fsp3) is 0.647. The number of anilines is 1. The van der Waals surface area contributed by atoms with E-state index >= 15 is 0 Å². The summed E-state index contributed by atoms with van der Waals surface area (Å²) in [5, 5.41) is 4.46. The smallest absolute Gasteiger partial charge is 0.138 e. The lowest BCUT2D eigenvalue weighted by molar-refractivity contribution is 0.443. The number of aryl methyl sites for hydroxylation is 1. The van der Waals surface area contributed by atoms with Crippen LogP contribution in [0.5, 0.6) is 0 Å². The molecule has 0 bridgehead atoms. The lowest BCUT2D eigenvalue weighted by Crippen LogP contribution is -2.08. The van der Waals surface area contributed by atoms with E-state index in [0.717, 1.165) is 22.9 Å². The molecule has 3 nitrogen and oxygen atoms in total. The van der Waals surface area contributed by atoms with E-state index in [2.05, 4.69) is 18.3 Å². The Hall–Kier alpha value is -1.16. The highest BCUT2D eigenvalue weighted by Gasteiger charge is 2.19. The second kappa shape index (κ2) is 6.73. The molecule has 1 fully saturated rings. The highest BCUT2D eigenvalue weighted by atomic mass is 32.1. The molecule has 0 spiro atoms. The normalized spacial score (nSPS) is 17.6. The predicted molar refractivity (Wildman–Crippen MR) is 91.4 cm³/mol. The Labute approximate surface area is 131 Å². The van der Waals surface area contributed by atoms with Crippen LogP contribution < -0.4 is 5.32 Å². The van der Waals surface area contributed by atoms with E-state index in [-0.39, 0.29) is 0 Å². The van der Waals surface area contributed by atoms with E-state index in [0.29, 0.717) is 5.92 Å². The summed E-state index contributed by atoms with van der Waals surface area (Å²) in [6.45, 7) is 2.20. The van der Waals surface area contributed by atoms with Crippen LogP contribution in [0.2, 0.25) is 0 Å². The van der Waals surface area contributed by atoms with Crippen molar-refractivity contribution in [3.05, 3.63) is 16.8 Å². The molecule has 1 aliphatic carbocycles. The second-order valence-corrected chi connectivity index (χ2v) is 7.12. The van der Waals surface area contributed by atoms with Crippen LogP contribution in [0.1, 0.15) is 68.5 Å². The third-order valence-electron chi connectivity index (χ3n) is 4.52. The van der Waals surface area contributed by atoms with E-state index < -0.39 is 0 Å². The molecule has 0 unspecified atom stereocenters. The van der Waals surface area contributed by atoms with Crippen molar-refractivity contribution in [2.24, 2.45) is 0 Å². The van der Waals surface area contributed by atoms with Gasteiger partial charge in [0.05, 0.1) is 5.39 Å². The van der Waals surface area contributed by atoms with Crippen molar-refractivity contribution in [1.29, 1.82) is 0 Å². The van der Waals surface area contributed by atoms with E-state index in [1.807, 2.05) is 18.4 Å². The van der Waals surface area contributed by atoms with Gasteiger partial charge in [-0.2, -0.15) is 0 Å². The summed E-state index contributed by atoms with van der Waals surface area (Å²) in [5.41, 5.74) is 0. The summed E-state index contributed by atoms with van der Waals surface area (Å²) in [4.78, 5) is 12.3. The van der Waals surface area contributed by atoms with Gasteiger partial charge < -0.3 is 5.32 Å². The SMILES string of the molecule is CCc1cc2c(NC)nc(C3CCCCCCC3)nc2s1. The van der Waals surface area contributed by atoms with Gasteiger partial charge in [0.25, 0.3) is 0 Å². The Bertz CT molecular complexity index is 597. The lowest BCUT2D eigenvalue weighted by Gasteiger charge is -2.19. The van der Waals surface area contributed by atoms with E-state index in [1.54, 1.807) is 0 Å². The third kappa shape index (κ3) is 3.20. The zero-order chi connectivity index (χ0) is 14.7. The molecule has 21 heavy (non-hydrogen) atoms. The van der Waals surface area contributed by atoms with E-state index in [4.69, 9.17) is 9.97 Å². The van der Waals surface area contributed by atoms with Crippen LogP contribution in [0, 0.1) is 0 Å². The summed E-state index contributed by atoms with van der Waals surface area (Å²) in [5.74, 6) is 2.63. The molecule has 114 valence electrons. The van der Waals surface area contributed by atoms with Gasteiger partial charge >= 0.3 is 0 Å². The maximum absolute atomic E-state index is 4.92. The van der Waals surface area contributed by atoms with Crippen LogP contribution in [-0.2, 0) is 6.42 Å². The first-order valence-electron chi connectivity index (χ1n) is 8.30. The molecule has 2 heterocycles. The maximum atomic E-state index is 4.92. The van der Waals surface area contributed by atoms with Gasteiger partial charge in [0.1, 0.15) is 16.5 Å². The van der Waals surface area contributed by atoms with Gasteiger partial charge in [-0.05, 0) is 25.3 Å². The molecular weight excluding hydrogens is 278 g/mol. The van der Waals surface area contributed by atoms with Crippen molar-refractivity contribution in [3.8, 4) is 0 Å². The highest BCUT2D eigenvalue weighted by molar-refractivity contribution is 7.18. The van der Waals surface area contributed by atoms with E-state index in [9.17, 15) is 0 Å². The largest absolute Gasteiger partial charge is 0.372 e. The predicted octanol–water partition coefficient (Wildman–Crippen LogP) is 5.12. The number of aromatic nitrogens is 2. The highest BCUT2D eigenvalue weighted by Crippen LogP contribution is 2.34. The van der Waals surface area contributed by atoms with Crippen LogP contribution in [0.4, 0.5) is 5.82 Å². The molecule has 1 saturated carbocycles. The topological polar surface area (TPSA) is 37.8 Å². The number of nitrogens with zero attached hydrogens (tertiary/aromatic N) is 2. The molecule has 3 rings (SSSR count). The molecule has 0 saturated heterocycles. The van der Waals surface area contributed by atoms with Gasteiger partial charge in [0, 0.05) is 17.8 Å².